The average molecular weight is 236 g/mol. The number of rotatable bonds is 7. The Labute approximate surface area is 105 Å². The van der Waals surface area contributed by atoms with E-state index in [1.165, 1.54) is 0 Å². The summed E-state index contributed by atoms with van der Waals surface area (Å²) in [6, 6.07) is 6.22. The van der Waals surface area contributed by atoms with Gasteiger partial charge in [0.15, 0.2) is 0 Å². The van der Waals surface area contributed by atoms with Crippen LogP contribution in [0.5, 0.6) is 0 Å². The average Bonchev–Trinajstić information content (AvgIpc) is 2.27. The second-order valence-corrected chi connectivity index (χ2v) is 4.69. The molecule has 1 N–H and O–H groups in total. The van der Waals surface area contributed by atoms with Gasteiger partial charge in [0.1, 0.15) is 0 Å². The topological polar surface area (TPSA) is 31.4 Å². The molecule has 0 saturated carbocycles. The number of nitrogens with zero attached hydrogens (tertiary/aromatic N) is 3. The van der Waals surface area contributed by atoms with Crippen LogP contribution in [0.1, 0.15) is 11.4 Å². The first-order valence-electron chi connectivity index (χ1n) is 6.04. The third-order valence-electron chi connectivity index (χ3n) is 2.58. The van der Waals surface area contributed by atoms with Crippen LogP contribution in [0.2, 0.25) is 0 Å². The minimum absolute atomic E-state index is 0.829. The lowest BCUT2D eigenvalue weighted by Gasteiger charge is -2.19. The fourth-order valence-corrected chi connectivity index (χ4v) is 1.62. The molecule has 4 heteroatoms. The highest BCUT2D eigenvalue weighted by Gasteiger charge is 2.03. The first kappa shape index (κ1) is 14.1. The molecule has 17 heavy (non-hydrogen) atoms. The molecule has 0 unspecified atom stereocenters. The Balaban J connectivity index is 2.46. The van der Waals surface area contributed by atoms with Crippen molar-refractivity contribution in [3.05, 3.63) is 29.6 Å². The number of pyridine rings is 1. The van der Waals surface area contributed by atoms with Gasteiger partial charge in [-0.25, -0.2) is 0 Å². The van der Waals surface area contributed by atoms with Gasteiger partial charge in [-0.1, -0.05) is 6.07 Å². The standard InChI is InChI=1S/C13H24N4/c1-14-10-12-6-5-7-13(15-12)11-17(4)9-8-16(2)3/h5-7,14H,8-11H2,1-4H3. The zero-order valence-corrected chi connectivity index (χ0v) is 11.4. The molecule has 1 aromatic rings. The van der Waals surface area contributed by atoms with Crippen molar-refractivity contribution in [3.8, 4) is 0 Å². The fourth-order valence-electron chi connectivity index (χ4n) is 1.62. The van der Waals surface area contributed by atoms with Gasteiger partial charge in [0, 0.05) is 26.2 Å². The summed E-state index contributed by atoms with van der Waals surface area (Å²) in [5, 5.41) is 3.12. The van der Waals surface area contributed by atoms with Gasteiger partial charge in [0.25, 0.3) is 0 Å². The molecule has 0 aliphatic rings. The highest BCUT2D eigenvalue weighted by molar-refractivity contribution is 5.11. The van der Waals surface area contributed by atoms with Crippen LogP contribution >= 0.6 is 0 Å². The SMILES string of the molecule is CNCc1cccc(CN(C)CCN(C)C)n1. The molecule has 1 heterocycles. The van der Waals surface area contributed by atoms with E-state index in [4.69, 9.17) is 0 Å². The van der Waals surface area contributed by atoms with Crippen LogP contribution in [0.4, 0.5) is 0 Å². The fraction of sp³-hybridized carbons (Fsp3) is 0.615. The van der Waals surface area contributed by atoms with Gasteiger partial charge in [-0.2, -0.15) is 0 Å². The van der Waals surface area contributed by atoms with E-state index in [0.29, 0.717) is 0 Å². The normalized spacial score (nSPS) is 11.4. The summed E-state index contributed by atoms with van der Waals surface area (Å²) in [7, 11) is 8.27. The Morgan fingerprint density at radius 1 is 1.12 bits per heavy atom. The Bertz CT molecular complexity index is 325. The van der Waals surface area contributed by atoms with Crippen molar-refractivity contribution in [3.63, 3.8) is 0 Å². The number of likely N-dealkylation sites (N-methyl/N-ethyl adjacent to an activating group) is 2. The Hall–Kier alpha value is -0.970. The molecule has 0 radical (unpaired) electrons. The zero-order chi connectivity index (χ0) is 12.7. The van der Waals surface area contributed by atoms with E-state index < -0.39 is 0 Å². The molecule has 1 aromatic heterocycles. The molecule has 0 amide bonds. The molecule has 0 fully saturated rings. The maximum absolute atomic E-state index is 4.61. The third kappa shape index (κ3) is 5.77. The van der Waals surface area contributed by atoms with E-state index in [1.807, 2.05) is 7.05 Å². The van der Waals surface area contributed by atoms with Crippen molar-refractivity contribution >= 4 is 0 Å². The van der Waals surface area contributed by atoms with Gasteiger partial charge in [-0.15, -0.1) is 0 Å². The van der Waals surface area contributed by atoms with Crippen molar-refractivity contribution in [2.24, 2.45) is 0 Å². The van der Waals surface area contributed by atoms with Crippen LogP contribution in [0.3, 0.4) is 0 Å². The number of aromatic nitrogens is 1. The van der Waals surface area contributed by atoms with Crippen molar-refractivity contribution in [2.45, 2.75) is 13.1 Å². The Morgan fingerprint density at radius 3 is 2.47 bits per heavy atom. The Kier molecular flexibility index (Phi) is 6.11. The largest absolute Gasteiger partial charge is 0.314 e. The zero-order valence-electron chi connectivity index (χ0n) is 11.4. The molecular weight excluding hydrogens is 212 g/mol. The minimum atomic E-state index is 0.829. The molecule has 0 spiro atoms. The first-order valence-corrected chi connectivity index (χ1v) is 6.04. The highest BCUT2D eigenvalue weighted by atomic mass is 15.2. The molecule has 1 rings (SSSR count). The Morgan fingerprint density at radius 2 is 1.82 bits per heavy atom. The van der Waals surface area contributed by atoms with E-state index in [2.05, 4.69) is 59.4 Å². The third-order valence-corrected chi connectivity index (χ3v) is 2.58. The maximum Gasteiger partial charge on any atom is 0.0547 e. The molecule has 0 aliphatic carbocycles. The minimum Gasteiger partial charge on any atom is -0.314 e. The van der Waals surface area contributed by atoms with Crippen LogP contribution in [0, 0.1) is 0 Å². The molecule has 0 aliphatic heterocycles. The maximum atomic E-state index is 4.61. The molecule has 96 valence electrons. The summed E-state index contributed by atoms with van der Waals surface area (Å²) >= 11 is 0. The van der Waals surface area contributed by atoms with Gasteiger partial charge in [-0.05, 0) is 40.3 Å². The predicted molar refractivity (Wildman–Crippen MR) is 71.9 cm³/mol. The molecule has 0 saturated heterocycles. The van der Waals surface area contributed by atoms with E-state index in [1.54, 1.807) is 0 Å². The van der Waals surface area contributed by atoms with Crippen LogP contribution in [0.15, 0.2) is 18.2 Å². The highest BCUT2D eigenvalue weighted by Crippen LogP contribution is 2.02. The summed E-state index contributed by atoms with van der Waals surface area (Å²) in [6.45, 7) is 3.87. The number of nitrogens with one attached hydrogen (secondary N) is 1. The van der Waals surface area contributed by atoms with E-state index in [0.717, 1.165) is 37.6 Å². The second kappa shape index (κ2) is 7.37. The van der Waals surface area contributed by atoms with Crippen molar-refractivity contribution in [2.75, 3.05) is 41.3 Å². The van der Waals surface area contributed by atoms with Gasteiger partial charge in [0.05, 0.1) is 11.4 Å². The molecule has 0 aromatic carbocycles. The van der Waals surface area contributed by atoms with Crippen molar-refractivity contribution < 1.29 is 0 Å². The van der Waals surface area contributed by atoms with E-state index >= 15 is 0 Å². The van der Waals surface area contributed by atoms with Crippen molar-refractivity contribution in [1.82, 2.24) is 20.1 Å². The number of hydrogen-bond donors (Lipinski definition) is 1. The quantitative estimate of drug-likeness (QED) is 0.758. The van der Waals surface area contributed by atoms with Gasteiger partial charge in [-0.3, -0.25) is 9.88 Å². The lowest BCUT2D eigenvalue weighted by Crippen LogP contribution is -2.28. The monoisotopic (exact) mass is 236 g/mol. The summed E-state index contributed by atoms with van der Waals surface area (Å²) < 4.78 is 0. The summed E-state index contributed by atoms with van der Waals surface area (Å²) in [5.41, 5.74) is 2.24. The first-order chi connectivity index (χ1) is 8.11. The smallest absolute Gasteiger partial charge is 0.0547 e. The van der Waals surface area contributed by atoms with Gasteiger partial charge in [0.2, 0.25) is 0 Å². The van der Waals surface area contributed by atoms with Crippen LogP contribution < -0.4 is 5.32 Å². The van der Waals surface area contributed by atoms with Crippen LogP contribution in [0.25, 0.3) is 0 Å². The van der Waals surface area contributed by atoms with Gasteiger partial charge < -0.3 is 10.2 Å². The predicted octanol–water partition coefficient (Wildman–Crippen LogP) is 0.794. The molecule has 0 atom stereocenters. The van der Waals surface area contributed by atoms with E-state index in [9.17, 15) is 0 Å². The molecule has 4 nitrogen and oxygen atoms in total. The summed E-state index contributed by atoms with van der Waals surface area (Å²) in [4.78, 5) is 9.10. The summed E-state index contributed by atoms with van der Waals surface area (Å²) in [6.07, 6.45) is 0. The van der Waals surface area contributed by atoms with Crippen LogP contribution in [-0.2, 0) is 13.1 Å². The van der Waals surface area contributed by atoms with Crippen molar-refractivity contribution in [1.29, 1.82) is 0 Å². The van der Waals surface area contributed by atoms with Gasteiger partial charge >= 0.3 is 0 Å². The molecule has 0 bridgehead atoms. The van der Waals surface area contributed by atoms with E-state index in [-0.39, 0.29) is 0 Å². The lowest BCUT2D eigenvalue weighted by atomic mass is 10.3. The molecular formula is C13H24N4. The second-order valence-electron chi connectivity index (χ2n) is 4.69. The lowest BCUT2D eigenvalue weighted by molar-refractivity contribution is 0.274. The van der Waals surface area contributed by atoms with Crippen LogP contribution in [-0.4, -0.2) is 56.1 Å². The number of hydrogen-bond acceptors (Lipinski definition) is 4. The summed E-state index contributed by atoms with van der Waals surface area (Å²) in [5.74, 6) is 0.